The second-order valence-corrected chi connectivity index (χ2v) is 7.20. The van der Waals surface area contributed by atoms with Gasteiger partial charge in [0, 0.05) is 25.1 Å². The number of hydrogen-bond donors (Lipinski definition) is 1. The molecule has 0 bridgehead atoms. The van der Waals surface area contributed by atoms with Gasteiger partial charge in [0.2, 0.25) is 0 Å². The monoisotopic (exact) mass is 340 g/mol. The van der Waals surface area contributed by atoms with Crippen LogP contribution in [0.15, 0.2) is 30.3 Å². The Kier molecular flexibility index (Phi) is 4.00. The number of nitrogens with zero attached hydrogens (tertiary/aromatic N) is 3. The number of aromatic nitrogens is 2. The first kappa shape index (κ1) is 16.1. The molecule has 2 saturated heterocycles. The summed E-state index contributed by atoms with van der Waals surface area (Å²) in [4.78, 5) is 14.7. The lowest BCUT2D eigenvalue weighted by Gasteiger charge is -2.22. The number of likely N-dealkylation sites (tertiary alicyclic amines) is 1. The van der Waals surface area contributed by atoms with Crippen LogP contribution in [0.4, 0.5) is 10.5 Å². The van der Waals surface area contributed by atoms with Crippen molar-refractivity contribution in [3.8, 4) is 5.69 Å². The fraction of sp³-hybridized carbons (Fsp3) is 0.474. The standard InChI is InChI=1S/C19H24N4O2/c1-14-17(15(2)23(21-14)16-6-4-3-5-7-16)20-18(24)22-10-8-19(12-22)9-11-25-13-19/h3-7H,8-13H2,1-2H3,(H,20,24). The number of carbonyl (C=O) groups is 1. The Bertz CT molecular complexity index is 778. The minimum absolute atomic E-state index is 0.0393. The number of urea groups is 1. The molecule has 2 aromatic rings. The van der Waals surface area contributed by atoms with E-state index in [2.05, 4.69) is 10.4 Å². The third-order valence-corrected chi connectivity index (χ3v) is 5.43. The zero-order valence-corrected chi connectivity index (χ0v) is 14.8. The van der Waals surface area contributed by atoms with Crippen LogP contribution in [0.25, 0.3) is 5.69 Å². The molecular formula is C19H24N4O2. The topological polar surface area (TPSA) is 59.4 Å². The predicted octanol–water partition coefficient (Wildman–Crippen LogP) is 3.13. The van der Waals surface area contributed by atoms with Gasteiger partial charge in [0.05, 0.1) is 29.4 Å². The van der Waals surface area contributed by atoms with Crippen molar-refractivity contribution < 1.29 is 9.53 Å². The Morgan fingerprint density at radius 2 is 2.04 bits per heavy atom. The number of nitrogens with one attached hydrogen (secondary N) is 1. The van der Waals surface area contributed by atoms with Gasteiger partial charge in [-0.1, -0.05) is 18.2 Å². The van der Waals surface area contributed by atoms with Crippen LogP contribution >= 0.6 is 0 Å². The molecule has 6 nitrogen and oxygen atoms in total. The number of carbonyl (C=O) groups excluding carboxylic acids is 1. The summed E-state index contributed by atoms with van der Waals surface area (Å²) in [5.41, 5.74) is 3.74. The molecular weight excluding hydrogens is 316 g/mol. The number of amides is 2. The van der Waals surface area contributed by atoms with Crippen LogP contribution in [-0.4, -0.2) is 47.0 Å². The Balaban J connectivity index is 1.51. The summed E-state index contributed by atoms with van der Waals surface area (Å²) in [5, 5.41) is 7.67. The van der Waals surface area contributed by atoms with Crippen LogP contribution < -0.4 is 5.32 Å². The SMILES string of the molecule is Cc1nn(-c2ccccc2)c(C)c1NC(=O)N1CCC2(CCOC2)C1. The normalized spacial score (nSPS) is 22.7. The van der Waals surface area contributed by atoms with Crippen molar-refractivity contribution in [2.24, 2.45) is 5.41 Å². The lowest BCUT2D eigenvalue weighted by molar-refractivity contribution is 0.154. The molecule has 2 fully saturated rings. The van der Waals surface area contributed by atoms with Gasteiger partial charge in [0.1, 0.15) is 0 Å². The molecule has 1 unspecified atom stereocenters. The Labute approximate surface area is 147 Å². The van der Waals surface area contributed by atoms with E-state index in [0.717, 1.165) is 61.9 Å². The molecule has 4 rings (SSSR count). The highest BCUT2D eigenvalue weighted by Crippen LogP contribution is 2.38. The first-order valence-electron chi connectivity index (χ1n) is 8.83. The van der Waals surface area contributed by atoms with Gasteiger partial charge in [-0.05, 0) is 38.8 Å². The maximum atomic E-state index is 12.7. The minimum Gasteiger partial charge on any atom is -0.381 e. The average molecular weight is 340 g/mol. The fourth-order valence-corrected chi connectivity index (χ4v) is 3.91. The summed E-state index contributed by atoms with van der Waals surface area (Å²) >= 11 is 0. The van der Waals surface area contributed by atoms with Crippen molar-refractivity contribution in [1.29, 1.82) is 0 Å². The third-order valence-electron chi connectivity index (χ3n) is 5.43. The van der Waals surface area contributed by atoms with Crippen molar-refractivity contribution in [3.05, 3.63) is 41.7 Å². The molecule has 1 atom stereocenters. The average Bonchev–Trinajstić information content (AvgIpc) is 3.33. The summed E-state index contributed by atoms with van der Waals surface area (Å²) in [7, 11) is 0. The quantitative estimate of drug-likeness (QED) is 0.914. The highest BCUT2D eigenvalue weighted by atomic mass is 16.5. The van der Waals surface area contributed by atoms with Crippen molar-refractivity contribution in [2.75, 3.05) is 31.6 Å². The van der Waals surface area contributed by atoms with E-state index in [1.807, 2.05) is 53.8 Å². The molecule has 0 aliphatic carbocycles. The van der Waals surface area contributed by atoms with Crippen LogP contribution in [0.2, 0.25) is 0 Å². The first-order chi connectivity index (χ1) is 12.1. The van der Waals surface area contributed by atoms with E-state index in [-0.39, 0.29) is 11.4 Å². The maximum absolute atomic E-state index is 12.7. The van der Waals surface area contributed by atoms with E-state index in [0.29, 0.717) is 0 Å². The lowest BCUT2D eigenvalue weighted by Crippen LogP contribution is -2.35. The fourth-order valence-electron chi connectivity index (χ4n) is 3.91. The number of hydrogen-bond acceptors (Lipinski definition) is 3. The summed E-state index contributed by atoms with van der Waals surface area (Å²) < 4.78 is 7.42. The molecule has 1 N–H and O–H groups in total. The van der Waals surface area contributed by atoms with Gasteiger partial charge >= 0.3 is 6.03 Å². The largest absolute Gasteiger partial charge is 0.381 e. The Morgan fingerprint density at radius 1 is 1.24 bits per heavy atom. The minimum atomic E-state index is -0.0393. The number of benzene rings is 1. The number of ether oxygens (including phenoxy) is 1. The number of aryl methyl sites for hydroxylation is 1. The Morgan fingerprint density at radius 3 is 2.76 bits per heavy atom. The summed E-state index contributed by atoms with van der Waals surface area (Å²) in [6, 6.07) is 9.93. The molecule has 0 radical (unpaired) electrons. The van der Waals surface area contributed by atoms with E-state index >= 15 is 0 Å². The maximum Gasteiger partial charge on any atom is 0.321 e. The molecule has 25 heavy (non-hydrogen) atoms. The van der Waals surface area contributed by atoms with E-state index in [1.54, 1.807) is 0 Å². The highest BCUT2D eigenvalue weighted by Gasteiger charge is 2.42. The molecule has 3 heterocycles. The third kappa shape index (κ3) is 2.91. The van der Waals surface area contributed by atoms with Gasteiger partial charge in [-0.15, -0.1) is 0 Å². The summed E-state index contributed by atoms with van der Waals surface area (Å²) in [6.07, 6.45) is 2.09. The molecule has 1 aromatic carbocycles. The lowest BCUT2D eigenvalue weighted by atomic mass is 9.87. The van der Waals surface area contributed by atoms with Crippen LogP contribution in [0.5, 0.6) is 0 Å². The molecule has 2 aliphatic heterocycles. The molecule has 0 saturated carbocycles. The zero-order valence-electron chi connectivity index (χ0n) is 14.8. The van der Waals surface area contributed by atoms with E-state index in [1.165, 1.54) is 0 Å². The highest BCUT2D eigenvalue weighted by molar-refractivity contribution is 5.91. The zero-order chi connectivity index (χ0) is 17.4. The van der Waals surface area contributed by atoms with Crippen molar-refractivity contribution in [1.82, 2.24) is 14.7 Å². The number of para-hydroxylation sites is 1. The summed E-state index contributed by atoms with van der Waals surface area (Å²) in [5.74, 6) is 0. The van der Waals surface area contributed by atoms with Crippen molar-refractivity contribution in [3.63, 3.8) is 0 Å². The van der Waals surface area contributed by atoms with Crippen LogP contribution in [-0.2, 0) is 4.74 Å². The molecule has 1 aromatic heterocycles. The van der Waals surface area contributed by atoms with Crippen LogP contribution in [0.3, 0.4) is 0 Å². The Hall–Kier alpha value is -2.34. The van der Waals surface area contributed by atoms with Crippen molar-refractivity contribution >= 4 is 11.7 Å². The molecule has 6 heteroatoms. The molecule has 132 valence electrons. The van der Waals surface area contributed by atoms with Gasteiger partial charge in [0.15, 0.2) is 0 Å². The van der Waals surface area contributed by atoms with Crippen molar-refractivity contribution in [2.45, 2.75) is 26.7 Å². The molecule has 2 aliphatic rings. The van der Waals surface area contributed by atoms with Crippen LogP contribution in [0.1, 0.15) is 24.2 Å². The van der Waals surface area contributed by atoms with Gasteiger partial charge < -0.3 is 15.0 Å². The second-order valence-electron chi connectivity index (χ2n) is 7.20. The number of rotatable bonds is 2. The predicted molar refractivity (Wildman–Crippen MR) is 96.1 cm³/mol. The first-order valence-corrected chi connectivity index (χ1v) is 8.83. The van der Waals surface area contributed by atoms with Gasteiger partial charge in [-0.25, -0.2) is 9.48 Å². The molecule has 2 amide bonds. The van der Waals surface area contributed by atoms with Gasteiger partial charge in [-0.3, -0.25) is 0 Å². The molecule has 1 spiro atoms. The number of anilines is 1. The van der Waals surface area contributed by atoms with E-state index < -0.39 is 0 Å². The van der Waals surface area contributed by atoms with E-state index in [9.17, 15) is 4.79 Å². The smallest absolute Gasteiger partial charge is 0.321 e. The van der Waals surface area contributed by atoms with E-state index in [4.69, 9.17) is 4.74 Å². The van der Waals surface area contributed by atoms with Gasteiger partial charge in [-0.2, -0.15) is 5.10 Å². The second kappa shape index (κ2) is 6.19. The summed E-state index contributed by atoms with van der Waals surface area (Å²) in [6.45, 7) is 7.08. The van der Waals surface area contributed by atoms with Crippen LogP contribution in [0, 0.1) is 19.3 Å². The van der Waals surface area contributed by atoms with Gasteiger partial charge in [0.25, 0.3) is 0 Å².